The van der Waals surface area contributed by atoms with E-state index in [4.69, 9.17) is 9.15 Å². The molecule has 0 bridgehead atoms. The zero-order valence-electron chi connectivity index (χ0n) is 14.5. The van der Waals surface area contributed by atoms with Crippen molar-refractivity contribution < 1.29 is 23.5 Å². The molecule has 1 aromatic heterocycles. The first-order valence-electron chi connectivity index (χ1n) is 8.05. The molecule has 0 radical (unpaired) electrons. The Morgan fingerprint density at radius 2 is 1.96 bits per heavy atom. The summed E-state index contributed by atoms with van der Waals surface area (Å²) in [6.45, 7) is 2.01. The molecule has 0 unspecified atom stereocenters. The van der Waals surface area contributed by atoms with Crippen LogP contribution in [-0.2, 0) is 14.3 Å². The van der Waals surface area contributed by atoms with E-state index in [1.54, 1.807) is 55.5 Å². The van der Waals surface area contributed by atoms with Crippen LogP contribution >= 0.6 is 0 Å². The molecule has 0 aliphatic carbocycles. The monoisotopic (exact) mass is 367 g/mol. The summed E-state index contributed by atoms with van der Waals surface area (Å²) >= 11 is 0. The Morgan fingerprint density at radius 3 is 2.56 bits per heavy atom. The van der Waals surface area contributed by atoms with Crippen LogP contribution in [0.15, 0.2) is 58.7 Å². The molecule has 1 heterocycles. The highest BCUT2D eigenvalue weighted by Crippen LogP contribution is 2.20. The van der Waals surface area contributed by atoms with Gasteiger partial charge in [0.25, 0.3) is 5.91 Å². The maximum absolute atomic E-state index is 12.4. The number of nitrogens with zero attached hydrogens (tertiary/aromatic N) is 1. The number of furan rings is 1. The molecular weight excluding hydrogens is 350 g/mol. The number of nitrogens with one attached hydrogen (secondary N) is 2. The summed E-state index contributed by atoms with van der Waals surface area (Å²) in [5.74, 6) is -1.57. The van der Waals surface area contributed by atoms with Crippen LogP contribution in [0.4, 0.5) is 4.79 Å². The molecule has 0 fully saturated rings. The number of ether oxygens (including phenoxy) is 1. The second kappa shape index (κ2) is 9.58. The van der Waals surface area contributed by atoms with E-state index in [0.29, 0.717) is 12.1 Å². The molecule has 138 valence electrons. The van der Waals surface area contributed by atoms with Crippen LogP contribution in [0.1, 0.15) is 24.4 Å². The molecule has 8 heteroatoms. The first-order chi connectivity index (χ1) is 13.0. The van der Waals surface area contributed by atoms with Gasteiger partial charge in [0.2, 0.25) is 6.10 Å². The van der Waals surface area contributed by atoms with Gasteiger partial charge in [-0.1, -0.05) is 30.3 Å². The number of benzene rings is 1. The van der Waals surface area contributed by atoms with Gasteiger partial charge < -0.3 is 14.5 Å². The van der Waals surface area contributed by atoms with Crippen LogP contribution < -0.4 is 10.6 Å². The molecule has 0 saturated heterocycles. The average molecular weight is 367 g/mol. The smallest absolute Gasteiger partial charge is 0.350 e. The topological polar surface area (TPSA) is 121 Å². The number of amides is 3. The number of carbonyl (C=O) groups is 3. The van der Waals surface area contributed by atoms with Crippen LogP contribution in [0.2, 0.25) is 0 Å². The molecule has 3 amide bonds. The average Bonchev–Trinajstić information content (AvgIpc) is 3.18. The predicted octanol–water partition coefficient (Wildman–Crippen LogP) is 2.32. The lowest BCUT2D eigenvalue weighted by molar-refractivity contribution is -0.152. The SMILES string of the molecule is CCNC(=O)NC(=O)[C@H](OC(=O)/C(C#N)=C/c1ccco1)c1ccccc1. The van der Waals surface area contributed by atoms with Crippen LogP contribution in [0.5, 0.6) is 0 Å². The lowest BCUT2D eigenvalue weighted by Gasteiger charge is -2.17. The van der Waals surface area contributed by atoms with Gasteiger partial charge in [-0.3, -0.25) is 10.1 Å². The Morgan fingerprint density at radius 1 is 1.22 bits per heavy atom. The van der Waals surface area contributed by atoms with Gasteiger partial charge in [-0.2, -0.15) is 5.26 Å². The fourth-order valence-corrected chi connectivity index (χ4v) is 2.11. The summed E-state index contributed by atoms with van der Waals surface area (Å²) in [6, 6.07) is 12.3. The molecule has 0 aliphatic rings. The Balaban J connectivity index is 2.23. The normalized spacial score (nSPS) is 11.8. The van der Waals surface area contributed by atoms with Gasteiger partial charge in [0.1, 0.15) is 17.4 Å². The highest BCUT2D eigenvalue weighted by Gasteiger charge is 2.28. The van der Waals surface area contributed by atoms with Gasteiger partial charge in [0.05, 0.1) is 6.26 Å². The third kappa shape index (κ3) is 5.57. The fraction of sp³-hybridized carbons (Fsp3) is 0.158. The van der Waals surface area contributed by atoms with Crippen LogP contribution in [0.25, 0.3) is 6.08 Å². The van der Waals surface area contributed by atoms with Crippen molar-refractivity contribution in [2.45, 2.75) is 13.0 Å². The zero-order chi connectivity index (χ0) is 19.6. The van der Waals surface area contributed by atoms with Crippen molar-refractivity contribution in [2.24, 2.45) is 0 Å². The van der Waals surface area contributed by atoms with E-state index in [1.165, 1.54) is 12.3 Å². The summed E-state index contributed by atoms with van der Waals surface area (Å²) in [4.78, 5) is 36.4. The lowest BCUT2D eigenvalue weighted by Crippen LogP contribution is -2.42. The molecular formula is C19H17N3O5. The van der Waals surface area contributed by atoms with E-state index in [0.717, 1.165) is 0 Å². The predicted molar refractivity (Wildman–Crippen MR) is 94.8 cm³/mol. The quantitative estimate of drug-likeness (QED) is 0.459. The third-order valence-electron chi connectivity index (χ3n) is 3.31. The lowest BCUT2D eigenvalue weighted by atomic mass is 10.1. The van der Waals surface area contributed by atoms with Crippen molar-refractivity contribution in [3.8, 4) is 6.07 Å². The number of hydrogen-bond acceptors (Lipinski definition) is 6. The van der Waals surface area contributed by atoms with E-state index < -0.39 is 24.0 Å². The third-order valence-corrected chi connectivity index (χ3v) is 3.31. The highest BCUT2D eigenvalue weighted by atomic mass is 16.5. The molecule has 1 atom stereocenters. The Hall–Kier alpha value is -3.86. The minimum absolute atomic E-state index is 0.284. The van der Waals surface area contributed by atoms with Gasteiger partial charge >= 0.3 is 12.0 Å². The molecule has 2 aromatic rings. The number of imide groups is 1. The first-order valence-corrected chi connectivity index (χ1v) is 8.05. The van der Waals surface area contributed by atoms with E-state index in [-0.39, 0.29) is 11.3 Å². The van der Waals surface area contributed by atoms with E-state index in [2.05, 4.69) is 10.6 Å². The van der Waals surface area contributed by atoms with E-state index >= 15 is 0 Å². The Kier molecular flexibility index (Phi) is 6.91. The zero-order valence-corrected chi connectivity index (χ0v) is 14.5. The number of nitriles is 1. The minimum atomic E-state index is -1.41. The molecule has 1 aromatic carbocycles. The first kappa shape index (κ1) is 19.5. The molecule has 2 N–H and O–H groups in total. The number of rotatable bonds is 6. The summed E-state index contributed by atoms with van der Waals surface area (Å²) < 4.78 is 10.3. The molecule has 0 aliphatic heterocycles. The van der Waals surface area contributed by atoms with Crippen molar-refractivity contribution in [1.29, 1.82) is 5.26 Å². The van der Waals surface area contributed by atoms with Gasteiger partial charge in [0.15, 0.2) is 0 Å². The Labute approximate surface area is 155 Å². The summed E-state index contributed by atoms with van der Waals surface area (Å²) in [5, 5.41) is 13.7. The number of hydrogen-bond donors (Lipinski definition) is 2. The van der Waals surface area contributed by atoms with Crippen molar-refractivity contribution in [2.75, 3.05) is 6.54 Å². The molecule has 2 rings (SSSR count). The van der Waals surface area contributed by atoms with Crippen LogP contribution in [0.3, 0.4) is 0 Å². The number of carbonyl (C=O) groups excluding carboxylic acids is 3. The molecule has 0 saturated carbocycles. The van der Waals surface area contributed by atoms with Crippen molar-refractivity contribution in [3.05, 3.63) is 65.6 Å². The summed E-state index contributed by atoms with van der Waals surface area (Å²) in [6.07, 6.45) is 1.18. The van der Waals surface area contributed by atoms with Crippen LogP contribution in [0, 0.1) is 11.3 Å². The van der Waals surface area contributed by atoms with Crippen molar-refractivity contribution >= 4 is 24.0 Å². The maximum Gasteiger partial charge on any atom is 0.350 e. The fourth-order valence-electron chi connectivity index (χ4n) is 2.11. The second-order valence-corrected chi connectivity index (χ2v) is 5.23. The largest absolute Gasteiger partial charge is 0.465 e. The number of esters is 1. The molecule has 27 heavy (non-hydrogen) atoms. The molecule has 8 nitrogen and oxygen atoms in total. The van der Waals surface area contributed by atoms with Crippen molar-refractivity contribution in [3.63, 3.8) is 0 Å². The van der Waals surface area contributed by atoms with Gasteiger partial charge in [0, 0.05) is 18.2 Å². The standard InChI is InChI=1S/C19H17N3O5/c1-2-21-19(25)22-17(23)16(13-7-4-3-5-8-13)27-18(24)14(12-20)11-15-9-6-10-26-15/h3-11,16H,2H2,1H3,(H2,21,22,23,25)/b14-11+/t16-/m1/s1. The van der Waals surface area contributed by atoms with Gasteiger partial charge in [-0.05, 0) is 19.1 Å². The second-order valence-electron chi connectivity index (χ2n) is 5.23. The van der Waals surface area contributed by atoms with E-state index in [9.17, 15) is 19.6 Å². The van der Waals surface area contributed by atoms with E-state index in [1.807, 2.05) is 0 Å². The Bertz CT molecular complexity index is 867. The molecule has 0 spiro atoms. The highest BCUT2D eigenvalue weighted by molar-refractivity contribution is 6.01. The number of urea groups is 1. The van der Waals surface area contributed by atoms with Crippen LogP contribution in [-0.4, -0.2) is 24.5 Å². The van der Waals surface area contributed by atoms with Gasteiger partial charge in [-0.15, -0.1) is 0 Å². The minimum Gasteiger partial charge on any atom is -0.465 e. The maximum atomic E-state index is 12.4. The summed E-state index contributed by atoms with van der Waals surface area (Å²) in [7, 11) is 0. The summed E-state index contributed by atoms with van der Waals surface area (Å²) in [5.41, 5.74) is -0.000345. The van der Waals surface area contributed by atoms with Gasteiger partial charge in [-0.25, -0.2) is 9.59 Å². The van der Waals surface area contributed by atoms with Crippen molar-refractivity contribution in [1.82, 2.24) is 10.6 Å².